The Bertz CT molecular complexity index is 968. The van der Waals surface area contributed by atoms with Crippen LogP contribution in [0.4, 0.5) is 0 Å². The molecule has 0 fully saturated rings. The summed E-state index contributed by atoms with van der Waals surface area (Å²) in [5.41, 5.74) is 1.49. The van der Waals surface area contributed by atoms with Crippen LogP contribution < -0.4 is 14.2 Å². The van der Waals surface area contributed by atoms with Gasteiger partial charge in [-0.05, 0) is 12.5 Å². The van der Waals surface area contributed by atoms with Crippen molar-refractivity contribution in [3.8, 4) is 17.2 Å². The first-order chi connectivity index (χ1) is 20.8. The zero-order valence-electron chi connectivity index (χ0n) is 27.9. The Morgan fingerprint density at radius 3 is 1.23 bits per heavy atom. The van der Waals surface area contributed by atoms with E-state index < -0.39 is 17.9 Å². The highest BCUT2D eigenvalue weighted by Crippen LogP contribution is 2.59. The van der Waals surface area contributed by atoms with Crippen LogP contribution in [0.1, 0.15) is 192 Å². The summed E-state index contributed by atoms with van der Waals surface area (Å²) in [5.74, 6) is -0.590. The fourth-order valence-corrected chi connectivity index (χ4v) is 6.31. The van der Waals surface area contributed by atoms with Gasteiger partial charge in [-0.2, -0.15) is 0 Å². The third-order valence-corrected chi connectivity index (χ3v) is 8.58. The minimum Gasteiger partial charge on any atom is -0.426 e. The Morgan fingerprint density at radius 2 is 0.860 bits per heavy atom. The molecule has 0 saturated heterocycles. The van der Waals surface area contributed by atoms with Crippen molar-refractivity contribution >= 4 is 17.9 Å². The van der Waals surface area contributed by atoms with E-state index in [1.165, 1.54) is 149 Å². The van der Waals surface area contributed by atoms with Crippen LogP contribution in [0.25, 0.3) is 0 Å². The maximum Gasteiger partial charge on any atom is 0.308 e. The molecule has 2 aliphatic rings. The van der Waals surface area contributed by atoms with Crippen LogP contribution in [-0.4, -0.2) is 17.9 Å². The Morgan fingerprint density at radius 1 is 0.512 bits per heavy atom. The lowest BCUT2D eigenvalue weighted by atomic mass is 9.74. The Labute approximate surface area is 262 Å². The molecule has 0 radical (unpaired) electrons. The van der Waals surface area contributed by atoms with Crippen LogP contribution in [0, 0.1) is 0 Å². The van der Waals surface area contributed by atoms with Gasteiger partial charge >= 0.3 is 17.9 Å². The molecule has 0 aromatic heterocycles. The highest BCUT2D eigenvalue weighted by atomic mass is 16.6. The summed E-state index contributed by atoms with van der Waals surface area (Å²) in [6, 6.07) is 1.67. The molecule has 0 heterocycles. The molecule has 2 aliphatic carbocycles. The minimum atomic E-state index is -0.513. The maximum absolute atomic E-state index is 11.8. The van der Waals surface area contributed by atoms with E-state index in [0.29, 0.717) is 11.3 Å². The first-order valence-corrected chi connectivity index (χ1v) is 17.6. The van der Waals surface area contributed by atoms with Crippen molar-refractivity contribution < 1.29 is 28.6 Å². The molecule has 6 heteroatoms. The molecule has 0 amide bonds. The number of ether oxygens (including phenoxy) is 3. The van der Waals surface area contributed by atoms with Gasteiger partial charge in [0, 0.05) is 37.8 Å². The van der Waals surface area contributed by atoms with Gasteiger partial charge in [0.1, 0.15) is 5.75 Å². The van der Waals surface area contributed by atoms with Crippen LogP contribution in [0.2, 0.25) is 0 Å². The molecule has 244 valence electrons. The largest absolute Gasteiger partial charge is 0.426 e. The SMILES string of the molecule is CCCCCCCCCCCCCCCCCCCCCCCCC1c2cc(OC(C)=O)c(OC(C)=O)c1c2OC(C)=O. The zero-order chi connectivity index (χ0) is 31.3. The average molecular weight is 601 g/mol. The molecule has 3 rings (SSSR count). The quantitative estimate of drug-likeness (QED) is 0.0598. The van der Waals surface area contributed by atoms with E-state index in [2.05, 4.69) is 6.92 Å². The number of fused-ring (bicyclic) bond motifs is 2. The predicted molar refractivity (Wildman–Crippen MR) is 174 cm³/mol. The van der Waals surface area contributed by atoms with E-state index in [0.717, 1.165) is 24.8 Å². The monoisotopic (exact) mass is 600 g/mol. The maximum atomic E-state index is 11.8. The number of unbranched alkanes of at least 4 members (excludes halogenated alkanes) is 21. The summed E-state index contributed by atoms with van der Waals surface area (Å²) in [6.45, 7) is 6.24. The first-order valence-electron chi connectivity index (χ1n) is 17.6. The lowest BCUT2D eigenvalue weighted by molar-refractivity contribution is -0.135. The van der Waals surface area contributed by atoms with Gasteiger partial charge in [-0.15, -0.1) is 0 Å². The number of esters is 3. The summed E-state index contributed by atoms with van der Waals surface area (Å²) in [4.78, 5) is 35.0. The summed E-state index contributed by atoms with van der Waals surface area (Å²) in [7, 11) is 0. The fourth-order valence-electron chi connectivity index (χ4n) is 6.31. The van der Waals surface area contributed by atoms with Gasteiger partial charge in [0.25, 0.3) is 0 Å². The third-order valence-electron chi connectivity index (χ3n) is 8.58. The number of rotatable bonds is 26. The molecule has 1 unspecified atom stereocenters. The molecule has 43 heavy (non-hydrogen) atoms. The molecule has 0 N–H and O–H groups in total. The van der Waals surface area contributed by atoms with Gasteiger partial charge in [0.05, 0.1) is 0 Å². The van der Waals surface area contributed by atoms with Crippen molar-refractivity contribution in [1.82, 2.24) is 0 Å². The average Bonchev–Trinajstić information content (AvgIpc) is 2.95. The van der Waals surface area contributed by atoms with Crippen LogP contribution in [0.15, 0.2) is 6.07 Å². The van der Waals surface area contributed by atoms with Gasteiger partial charge in [-0.3, -0.25) is 14.4 Å². The molecule has 1 aromatic carbocycles. The molecule has 1 atom stereocenters. The molecule has 1 aromatic rings. The summed E-state index contributed by atoms with van der Waals surface area (Å²) < 4.78 is 16.1. The molecule has 0 saturated carbocycles. The number of hydrogen-bond donors (Lipinski definition) is 0. The van der Waals surface area contributed by atoms with Gasteiger partial charge in [-0.25, -0.2) is 0 Å². The summed E-state index contributed by atoms with van der Waals surface area (Å²) in [6.07, 6.45) is 30.8. The van der Waals surface area contributed by atoms with Gasteiger partial charge in [0.2, 0.25) is 0 Å². The van der Waals surface area contributed by atoms with Crippen molar-refractivity contribution in [3.63, 3.8) is 0 Å². The van der Waals surface area contributed by atoms with E-state index in [1.807, 2.05) is 0 Å². The van der Waals surface area contributed by atoms with E-state index in [-0.39, 0.29) is 17.4 Å². The lowest BCUT2D eigenvalue weighted by Gasteiger charge is -2.35. The standard InChI is InChI=1S/C37H60O6/c1-5-6-7-8-9-10-11-12-13-14-15-16-17-18-19-20-21-22-23-24-25-26-27-32-33-28-34(41-29(2)38)37(43-31(4)40)35(32)36(33)42-30(3)39/h28,32H,5-27H2,1-4H3. The zero-order valence-corrected chi connectivity index (χ0v) is 27.9. The molecular weight excluding hydrogens is 540 g/mol. The highest BCUT2D eigenvalue weighted by molar-refractivity contribution is 5.82. The molecular formula is C37H60O6. The van der Waals surface area contributed by atoms with Crippen LogP contribution in [-0.2, 0) is 14.4 Å². The van der Waals surface area contributed by atoms with Crippen molar-refractivity contribution in [1.29, 1.82) is 0 Å². The lowest BCUT2D eigenvalue weighted by Crippen LogP contribution is -2.23. The van der Waals surface area contributed by atoms with Crippen LogP contribution in [0.3, 0.4) is 0 Å². The Hall–Kier alpha value is -2.37. The smallest absolute Gasteiger partial charge is 0.308 e. The third kappa shape index (κ3) is 14.8. The summed E-state index contributed by atoms with van der Waals surface area (Å²) in [5, 5.41) is 0. The van der Waals surface area contributed by atoms with Gasteiger partial charge in [-0.1, -0.05) is 148 Å². The van der Waals surface area contributed by atoms with E-state index in [4.69, 9.17) is 14.2 Å². The van der Waals surface area contributed by atoms with Gasteiger partial charge < -0.3 is 14.2 Å². The Balaban J connectivity index is 1.49. The molecule has 0 spiro atoms. The normalized spacial score (nSPS) is 13.4. The van der Waals surface area contributed by atoms with Crippen LogP contribution in [0.5, 0.6) is 17.2 Å². The topological polar surface area (TPSA) is 78.9 Å². The van der Waals surface area contributed by atoms with Gasteiger partial charge in [0.15, 0.2) is 11.5 Å². The highest BCUT2D eigenvalue weighted by Gasteiger charge is 2.40. The molecule has 6 nitrogen and oxygen atoms in total. The number of hydrogen-bond acceptors (Lipinski definition) is 6. The number of carbonyl (C=O) groups is 3. The number of benzene rings is 1. The van der Waals surface area contributed by atoms with E-state index in [9.17, 15) is 14.4 Å². The van der Waals surface area contributed by atoms with Crippen molar-refractivity contribution in [2.75, 3.05) is 0 Å². The van der Waals surface area contributed by atoms with Crippen molar-refractivity contribution in [3.05, 3.63) is 17.2 Å². The van der Waals surface area contributed by atoms with Crippen molar-refractivity contribution in [2.24, 2.45) is 0 Å². The predicted octanol–water partition coefficient (Wildman–Crippen LogP) is 10.9. The minimum absolute atomic E-state index is 0.0214. The van der Waals surface area contributed by atoms with E-state index in [1.54, 1.807) is 6.07 Å². The molecule has 2 bridgehead atoms. The molecule has 0 aliphatic heterocycles. The van der Waals surface area contributed by atoms with Crippen molar-refractivity contribution in [2.45, 2.75) is 181 Å². The first kappa shape index (κ1) is 36.8. The number of carbonyl (C=O) groups excluding carboxylic acids is 3. The van der Waals surface area contributed by atoms with Crippen LogP contribution >= 0.6 is 0 Å². The summed E-state index contributed by atoms with van der Waals surface area (Å²) >= 11 is 0. The fraction of sp³-hybridized carbons (Fsp3) is 0.757. The second kappa shape index (κ2) is 22.2. The Kier molecular flexibility index (Phi) is 19.0. The second-order valence-electron chi connectivity index (χ2n) is 12.6. The van der Waals surface area contributed by atoms with E-state index >= 15 is 0 Å². The second-order valence-corrected chi connectivity index (χ2v) is 12.6.